The first kappa shape index (κ1) is 14.4. The first-order valence-corrected chi connectivity index (χ1v) is 6.69. The number of benzene rings is 1. The average Bonchev–Trinajstić information content (AvgIpc) is 2.38. The fourth-order valence-electron chi connectivity index (χ4n) is 1.42. The van der Waals surface area contributed by atoms with Crippen LogP contribution in [0.1, 0.15) is 18.9 Å². The number of aryl methyl sites for hydroxylation is 1. The zero-order chi connectivity index (χ0) is 13.4. The van der Waals surface area contributed by atoms with E-state index in [1.807, 2.05) is 24.3 Å². The van der Waals surface area contributed by atoms with E-state index in [1.165, 1.54) is 5.56 Å². The quantitative estimate of drug-likeness (QED) is 0.326. The Kier molecular flexibility index (Phi) is 6.07. The smallest absolute Gasteiger partial charge is 0.234 e. The van der Waals surface area contributed by atoms with Crippen molar-refractivity contribution < 1.29 is 4.79 Å². The van der Waals surface area contributed by atoms with Gasteiger partial charge in [0, 0.05) is 5.69 Å². The molecule has 0 fully saturated rings. The van der Waals surface area contributed by atoms with E-state index in [-0.39, 0.29) is 16.8 Å². The number of anilines is 1. The summed E-state index contributed by atoms with van der Waals surface area (Å²) >= 11 is 1.11. The first-order chi connectivity index (χ1) is 8.65. The van der Waals surface area contributed by atoms with Gasteiger partial charge in [-0.15, -0.1) is 0 Å². The lowest BCUT2D eigenvalue weighted by Crippen LogP contribution is -2.18. The van der Waals surface area contributed by atoms with E-state index in [0.717, 1.165) is 30.3 Å². The van der Waals surface area contributed by atoms with Gasteiger partial charge in [0.15, 0.2) is 5.17 Å². The Balaban J connectivity index is 2.44. The minimum atomic E-state index is -0.130. The first-order valence-electron chi connectivity index (χ1n) is 5.70. The Morgan fingerprint density at radius 2 is 2.06 bits per heavy atom. The van der Waals surface area contributed by atoms with Crippen molar-refractivity contribution in [1.82, 2.24) is 0 Å². The lowest BCUT2D eigenvalue weighted by molar-refractivity contribution is -0.113. The number of hydrogen-bond acceptors (Lipinski definition) is 4. The van der Waals surface area contributed by atoms with E-state index in [2.05, 4.69) is 17.3 Å². The van der Waals surface area contributed by atoms with Crippen LogP contribution in [-0.4, -0.2) is 16.8 Å². The maximum Gasteiger partial charge on any atom is 0.234 e. The zero-order valence-corrected chi connectivity index (χ0v) is 11.2. The summed E-state index contributed by atoms with van der Waals surface area (Å²) in [5, 5.41) is 6.25. The molecule has 0 aromatic heterocycles. The van der Waals surface area contributed by atoms with Gasteiger partial charge in [-0.25, -0.2) is 0 Å². The van der Waals surface area contributed by atoms with Crippen molar-refractivity contribution in [2.24, 2.45) is 16.7 Å². The van der Waals surface area contributed by atoms with Crippen molar-refractivity contribution in [3.05, 3.63) is 29.8 Å². The molecule has 5 N–H and O–H groups in total. The summed E-state index contributed by atoms with van der Waals surface area (Å²) in [6.45, 7) is 2.14. The second-order valence-corrected chi connectivity index (χ2v) is 4.75. The molecule has 0 aliphatic carbocycles. The van der Waals surface area contributed by atoms with Crippen molar-refractivity contribution in [2.75, 3.05) is 11.1 Å². The molecule has 0 aliphatic rings. The number of rotatable bonds is 5. The summed E-state index contributed by atoms with van der Waals surface area (Å²) in [7, 11) is 0. The molecule has 1 amide bonds. The average molecular weight is 266 g/mol. The molecule has 0 radical (unpaired) electrons. The van der Waals surface area contributed by atoms with Crippen LogP contribution < -0.4 is 16.9 Å². The van der Waals surface area contributed by atoms with Crippen LogP contribution in [0.5, 0.6) is 0 Å². The monoisotopic (exact) mass is 266 g/mol. The van der Waals surface area contributed by atoms with Crippen molar-refractivity contribution in [2.45, 2.75) is 19.8 Å². The summed E-state index contributed by atoms with van der Waals surface area (Å²) < 4.78 is 0. The van der Waals surface area contributed by atoms with Crippen LogP contribution in [-0.2, 0) is 11.2 Å². The predicted octanol–water partition coefficient (Wildman–Crippen LogP) is 1.50. The molecule has 98 valence electrons. The van der Waals surface area contributed by atoms with Crippen LogP contribution in [0, 0.1) is 0 Å². The van der Waals surface area contributed by atoms with Gasteiger partial charge in [0.25, 0.3) is 0 Å². The van der Waals surface area contributed by atoms with E-state index in [1.54, 1.807) is 0 Å². The van der Waals surface area contributed by atoms with E-state index >= 15 is 0 Å². The Morgan fingerprint density at radius 3 is 2.61 bits per heavy atom. The van der Waals surface area contributed by atoms with Gasteiger partial charge in [0.1, 0.15) is 0 Å². The fraction of sp³-hybridized carbons (Fsp3) is 0.333. The predicted molar refractivity (Wildman–Crippen MR) is 77.3 cm³/mol. The number of amidine groups is 1. The summed E-state index contributed by atoms with van der Waals surface area (Å²) in [5.74, 6) is 5.03. The van der Waals surface area contributed by atoms with Gasteiger partial charge < -0.3 is 16.9 Å². The van der Waals surface area contributed by atoms with Gasteiger partial charge in [-0.1, -0.05) is 37.2 Å². The van der Waals surface area contributed by atoms with Crippen LogP contribution in [0.25, 0.3) is 0 Å². The van der Waals surface area contributed by atoms with E-state index < -0.39 is 0 Å². The number of thioether (sulfide) groups is 1. The van der Waals surface area contributed by atoms with Gasteiger partial charge >= 0.3 is 0 Å². The SMILES string of the molecule is CCCc1ccc(NC(=O)CSC(N)=NN)cc1. The third-order valence-corrected chi connectivity index (χ3v) is 3.06. The summed E-state index contributed by atoms with van der Waals surface area (Å²) in [6, 6.07) is 7.83. The number of hydrogen-bond donors (Lipinski definition) is 3. The molecule has 6 heteroatoms. The summed E-state index contributed by atoms with van der Waals surface area (Å²) in [6.07, 6.45) is 2.16. The largest absolute Gasteiger partial charge is 0.377 e. The van der Waals surface area contributed by atoms with Crippen molar-refractivity contribution in [3.8, 4) is 0 Å². The van der Waals surface area contributed by atoms with Crippen molar-refractivity contribution in [1.29, 1.82) is 0 Å². The second-order valence-electron chi connectivity index (χ2n) is 3.75. The highest BCUT2D eigenvalue weighted by Gasteiger charge is 2.04. The van der Waals surface area contributed by atoms with Gasteiger partial charge in [0.2, 0.25) is 5.91 Å². The molecule has 1 aromatic rings. The third kappa shape index (κ3) is 5.09. The molecule has 0 saturated heterocycles. The number of nitrogens with one attached hydrogen (secondary N) is 1. The minimum absolute atomic E-state index is 0.130. The van der Waals surface area contributed by atoms with Crippen LogP contribution in [0.15, 0.2) is 29.4 Å². The van der Waals surface area contributed by atoms with Crippen LogP contribution >= 0.6 is 11.8 Å². The van der Waals surface area contributed by atoms with Gasteiger partial charge in [-0.3, -0.25) is 4.79 Å². The Hall–Kier alpha value is -1.69. The Labute approximate surface area is 111 Å². The molecule has 0 atom stereocenters. The van der Waals surface area contributed by atoms with E-state index in [9.17, 15) is 4.79 Å². The molecule has 18 heavy (non-hydrogen) atoms. The highest BCUT2D eigenvalue weighted by Crippen LogP contribution is 2.11. The standard InChI is InChI=1S/C12H18N4OS/c1-2-3-9-4-6-10(7-5-9)15-11(17)8-18-12(13)16-14/h4-7H,2-3,8,14H2,1H3,(H2,13,16)(H,15,17). The molecule has 0 unspecified atom stereocenters. The molecule has 1 rings (SSSR count). The highest BCUT2D eigenvalue weighted by molar-refractivity contribution is 8.14. The molecular formula is C12H18N4OS. The molecular weight excluding hydrogens is 248 g/mol. The van der Waals surface area contributed by atoms with Crippen LogP contribution in [0.2, 0.25) is 0 Å². The Bertz CT molecular complexity index is 417. The topological polar surface area (TPSA) is 93.5 Å². The number of carbonyl (C=O) groups excluding carboxylic acids is 1. The molecule has 0 aliphatic heterocycles. The van der Waals surface area contributed by atoms with Crippen LogP contribution in [0.4, 0.5) is 5.69 Å². The van der Waals surface area contributed by atoms with E-state index in [0.29, 0.717) is 0 Å². The molecule has 5 nitrogen and oxygen atoms in total. The molecule has 0 saturated carbocycles. The summed E-state index contributed by atoms with van der Waals surface area (Å²) in [4.78, 5) is 11.6. The molecule has 1 aromatic carbocycles. The third-order valence-electron chi connectivity index (χ3n) is 2.25. The van der Waals surface area contributed by atoms with Gasteiger partial charge in [-0.2, -0.15) is 5.10 Å². The maximum absolute atomic E-state index is 11.6. The van der Waals surface area contributed by atoms with Gasteiger partial charge in [-0.05, 0) is 24.1 Å². The lowest BCUT2D eigenvalue weighted by Gasteiger charge is -2.05. The van der Waals surface area contributed by atoms with E-state index in [4.69, 9.17) is 11.6 Å². The number of carbonyl (C=O) groups is 1. The normalized spacial score (nSPS) is 11.3. The number of hydrazone groups is 1. The Morgan fingerprint density at radius 1 is 1.39 bits per heavy atom. The number of nitrogens with zero attached hydrogens (tertiary/aromatic N) is 1. The molecule has 0 heterocycles. The second kappa shape index (κ2) is 7.60. The zero-order valence-electron chi connectivity index (χ0n) is 10.3. The fourth-order valence-corrected chi connectivity index (χ4v) is 1.84. The van der Waals surface area contributed by atoms with Crippen molar-refractivity contribution in [3.63, 3.8) is 0 Å². The number of nitrogens with two attached hydrogens (primary N) is 2. The molecule has 0 bridgehead atoms. The lowest BCUT2D eigenvalue weighted by atomic mass is 10.1. The summed E-state index contributed by atoms with van der Waals surface area (Å²) in [5.41, 5.74) is 7.42. The van der Waals surface area contributed by atoms with Crippen LogP contribution in [0.3, 0.4) is 0 Å². The molecule has 0 spiro atoms. The number of amides is 1. The minimum Gasteiger partial charge on any atom is -0.377 e. The highest BCUT2D eigenvalue weighted by atomic mass is 32.2. The van der Waals surface area contributed by atoms with Gasteiger partial charge in [0.05, 0.1) is 5.75 Å². The maximum atomic E-state index is 11.6. The van der Waals surface area contributed by atoms with Crippen molar-refractivity contribution >= 4 is 28.5 Å².